The largest absolute Gasteiger partial charge is 0.573 e. The highest BCUT2D eigenvalue weighted by Gasteiger charge is 2.31. The zero-order valence-electron chi connectivity index (χ0n) is 18.7. The van der Waals surface area contributed by atoms with Gasteiger partial charge in [0.2, 0.25) is 0 Å². The maximum absolute atomic E-state index is 12.5. The number of aromatic nitrogens is 3. The number of nitrogen functional groups attached to an aromatic ring is 1. The van der Waals surface area contributed by atoms with E-state index in [2.05, 4.69) is 25.5 Å². The molecule has 4 rings (SSSR count). The van der Waals surface area contributed by atoms with Crippen LogP contribution in [0.5, 0.6) is 5.75 Å². The third-order valence-corrected chi connectivity index (χ3v) is 4.85. The van der Waals surface area contributed by atoms with Crippen molar-refractivity contribution in [1.82, 2.24) is 14.6 Å². The van der Waals surface area contributed by atoms with Crippen LogP contribution in [-0.2, 0) is 4.74 Å². The first kappa shape index (κ1) is 24.3. The fourth-order valence-electron chi connectivity index (χ4n) is 3.48. The summed E-state index contributed by atoms with van der Waals surface area (Å²) in [7, 11) is 0. The van der Waals surface area contributed by atoms with E-state index in [1.165, 1.54) is 29.2 Å². The van der Waals surface area contributed by atoms with Crippen LogP contribution in [0.4, 0.5) is 35.2 Å². The van der Waals surface area contributed by atoms with Crippen molar-refractivity contribution in [2.75, 3.05) is 23.0 Å². The van der Waals surface area contributed by atoms with E-state index in [-0.39, 0.29) is 23.7 Å². The van der Waals surface area contributed by atoms with Crippen LogP contribution < -0.4 is 21.1 Å². The maximum Gasteiger partial charge on any atom is 0.573 e. The third kappa shape index (κ3) is 5.46. The molecule has 4 N–H and O–H groups in total. The maximum atomic E-state index is 12.5. The van der Waals surface area contributed by atoms with Gasteiger partial charge in [0.05, 0.1) is 12.2 Å². The van der Waals surface area contributed by atoms with Crippen LogP contribution in [0.1, 0.15) is 17.3 Å². The molecule has 0 aliphatic rings. The van der Waals surface area contributed by atoms with Gasteiger partial charge in [0, 0.05) is 29.2 Å². The van der Waals surface area contributed by atoms with E-state index >= 15 is 0 Å². The lowest BCUT2D eigenvalue weighted by Gasteiger charge is -2.12. The highest BCUT2D eigenvalue weighted by atomic mass is 19.4. The van der Waals surface area contributed by atoms with Gasteiger partial charge in [-0.15, -0.1) is 13.2 Å². The number of nitrogens with zero attached hydrogens (tertiary/aromatic N) is 3. The number of halogens is 3. The van der Waals surface area contributed by atoms with Crippen molar-refractivity contribution in [2.24, 2.45) is 0 Å². The number of hydrogen-bond donors (Lipinski definition) is 3. The van der Waals surface area contributed by atoms with E-state index in [0.29, 0.717) is 22.3 Å². The number of alkyl halides is 3. The molecule has 0 saturated heterocycles. The quantitative estimate of drug-likeness (QED) is 0.327. The average Bonchev–Trinajstić information content (AvgIpc) is 3.20. The zero-order chi connectivity index (χ0) is 25.9. The second-order valence-corrected chi connectivity index (χ2v) is 7.31. The Labute approximate surface area is 201 Å². The van der Waals surface area contributed by atoms with Crippen molar-refractivity contribution < 1.29 is 32.2 Å². The molecule has 0 bridgehead atoms. The molecule has 0 unspecified atom stereocenters. The monoisotopic (exact) mass is 500 g/mol. The van der Waals surface area contributed by atoms with Crippen molar-refractivity contribution >= 4 is 34.7 Å². The van der Waals surface area contributed by atoms with Crippen molar-refractivity contribution in [2.45, 2.75) is 13.3 Å². The van der Waals surface area contributed by atoms with Gasteiger partial charge < -0.3 is 25.8 Å². The number of fused-ring (bicyclic) bond motifs is 1. The molecule has 36 heavy (non-hydrogen) atoms. The minimum Gasteiger partial charge on any atom is -0.462 e. The number of amides is 2. The van der Waals surface area contributed by atoms with E-state index in [4.69, 9.17) is 10.5 Å². The second-order valence-electron chi connectivity index (χ2n) is 7.31. The molecule has 2 aromatic heterocycles. The Kier molecular flexibility index (Phi) is 6.63. The molecule has 10 nitrogen and oxygen atoms in total. The summed E-state index contributed by atoms with van der Waals surface area (Å²) in [5, 5.41) is 9.11. The third-order valence-electron chi connectivity index (χ3n) is 4.85. The molecule has 2 aromatic carbocycles. The molecule has 0 aliphatic carbocycles. The molecule has 2 heterocycles. The van der Waals surface area contributed by atoms with Crippen LogP contribution in [0.25, 0.3) is 16.6 Å². The number of carbonyl (C=O) groups is 2. The molecule has 2 amide bonds. The fourth-order valence-corrected chi connectivity index (χ4v) is 3.48. The highest BCUT2D eigenvalue weighted by Crippen LogP contribution is 2.33. The van der Waals surface area contributed by atoms with E-state index in [1.807, 2.05) is 0 Å². The summed E-state index contributed by atoms with van der Waals surface area (Å²) in [6, 6.07) is 10.6. The van der Waals surface area contributed by atoms with Gasteiger partial charge in [-0.2, -0.15) is 5.10 Å². The summed E-state index contributed by atoms with van der Waals surface area (Å²) in [6.45, 7) is 1.86. The summed E-state index contributed by atoms with van der Waals surface area (Å²) in [5.41, 5.74) is 8.22. The molecule has 0 spiro atoms. The van der Waals surface area contributed by atoms with E-state index < -0.39 is 24.1 Å². The fraction of sp³-hybridized carbons (Fsp3) is 0.130. The summed E-state index contributed by atoms with van der Waals surface area (Å²) in [4.78, 5) is 28.9. The van der Waals surface area contributed by atoms with Crippen LogP contribution in [0.3, 0.4) is 0 Å². The van der Waals surface area contributed by atoms with Gasteiger partial charge in [-0.3, -0.25) is 0 Å². The smallest absolute Gasteiger partial charge is 0.462 e. The Morgan fingerprint density at radius 2 is 1.81 bits per heavy atom. The molecule has 0 radical (unpaired) electrons. The normalized spacial score (nSPS) is 11.2. The molecule has 13 heteroatoms. The summed E-state index contributed by atoms with van der Waals surface area (Å²) >= 11 is 0. The number of esters is 1. The standard InChI is InChI=1S/C23H19F3N6O4/c1-2-35-21(33)17-11-32-19(20(27)28-12-29-32)18(17)13-6-8-14(9-7-13)30-22(34)31-15-4-3-5-16(10-15)36-23(24,25)26/h3-12H,2H2,1H3,(H2,27,28,29)(H2,30,31,34). The van der Waals surface area contributed by atoms with Crippen molar-refractivity contribution in [3.8, 4) is 16.9 Å². The van der Waals surface area contributed by atoms with Crippen molar-refractivity contribution in [1.29, 1.82) is 0 Å². The number of ether oxygens (including phenoxy) is 2. The summed E-state index contributed by atoms with van der Waals surface area (Å²) in [6.07, 6.45) is -2.09. The first-order valence-corrected chi connectivity index (χ1v) is 10.5. The Balaban J connectivity index is 1.54. The number of rotatable bonds is 6. The predicted octanol–water partition coefficient (Wildman–Crippen LogP) is 4.70. The first-order valence-electron chi connectivity index (χ1n) is 10.5. The van der Waals surface area contributed by atoms with Gasteiger partial charge >= 0.3 is 18.4 Å². The number of anilines is 3. The van der Waals surface area contributed by atoms with Gasteiger partial charge in [-0.05, 0) is 36.8 Å². The van der Waals surface area contributed by atoms with E-state index in [1.54, 1.807) is 31.2 Å². The number of nitrogens with two attached hydrogens (primary N) is 1. The molecular formula is C23H19F3N6O4. The number of benzene rings is 2. The minimum atomic E-state index is -4.85. The number of nitrogens with one attached hydrogen (secondary N) is 2. The molecule has 0 atom stereocenters. The molecule has 0 fully saturated rings. The molecular weight excluding hydrogens is 481 g/mol. The lowest BCUT2D eigenvalue weighted by molar-refractivity contribution is -0.274. The molecule has 4 aromatic rings. The number of hydrogen-bond acceptors (Lipinski definition) is 7. The number of carbonyl (C=O) groups excluding carboxylic acids is 2. The summed E-state index contributed by atoms with van der Waals surface area (Å²) in [5.74, 6) is -0.866. The Bertz CT molecular complexity index is 1420. The van der Waals surface area contributed by atoms with Gasteiger partial charge in [-0.1, -0.05) is 18.2 Å². The van der Waals surface area contributed by atoms with Gasteiger partial charge in [0.1, 0.15) is 17.6 Å². The van der Waals surface area contributed by atoms with E-state index in [9.17, 15) is 22.8 Å². The van der Waals surface area contributed by atoms with Gasteiger partial charge in [-0.25, -0.2) is 19.1 Å². The van der Waals surface area contributed by atoms with Gasteiger partial charge in [0.15, 0.2) is 5.82 Å². The van der Waals surface area contributed by atoms with Crippen LogP contribution in [0.15, 0.2) is 61.1 Å². The van der Waals surface area contributed by atoms with Gasteiger partial charge in [0.25, 0.3) is 0 Å². The van der Waals surface area contributed by atoms with E-state index in [0.717, 1.165) is 12.1 Å². The van der Waals surface area contributed by atoms with Crippen molar-refractivity contribution in [3.05, 3.63) is 66.6 Å². The Morgan fingerprint density at radius 1 is 1.08 bits per heavy atom. The lowest BCUT2D eigenvalue weighted by Crippen LogP contribution is -2.20. The second kappa shape index (κ2) is 9.82. The zero-order valence-corrected chi connectivity index (χ0v) is 18.7. The SMILES string of the molecule is CCOC(=O)c1cn2ncnc(N)c2c1-c1ccc(NC(=O)Nc2cccc(OC(F)(F)F)c2)cc1. The average molecular weight is 500 g/mol. The highest BCUT2D eigenvalue weighted by molar-refractivity contribution is 6.05. The van der Waals surface area contributed by atoms with Crippen LogP contribution in [0, 0.1) is 0 Å². The minimum absolute atomic E-state index is 0.0979. The van der Waals surface area contributed by atoms with Crippen molar-refractivity contribution in [3.63, 3.8) is 0 Å². The lowest BCUT2D eigenvalue weighted by atomic mass is 10.0. The predicted molar refractivity (Wildman–Crippen MR) is 125 cm³/mol. The molecule has 0 aliphatic heterocycles. The first-order chi connectivity index (χ1) is 17.1. The topological polar surface area (TPSA) is 133 Å². The summed E-state index contributed by atoms with van der Waals surface area (Å²) < 4.78 is 47.7. The Morgan fingerprint density at radius 3 is 2.50 bits per heavy atom. The van der Waals surface area contributed by atoms with Crippen LogP contribution in [0.2, 0.25) is 0 Å². The molecule has 186 valence electrons. The number of urea groups is 1. The van der Waals surface area contributed by atoms with Crippen LogP contribution >= 0.6 is 0 Å². The van der Waals surface area contributed by atoms with Crippen LogP contribution in [-0.4, -0.2) is 39.6 Å². The Hall–Kier alpha value is -4.81. The molecule has 0 saturated carbocycles.